The molecule has 0 spiro atoms. The van der Waals surface area contributed by atoms with Crippen molar-refractivity contribution in [2.75, 3.05) is 0 Å². The van der Waals surface area contributed by atoms with Crippen LogP contribution in [0.15, 0.2) is 0 Å². The molecule has 0 rings (SSSR count). The molecule has 0 aromatic rings. The number of hydrogen-bond donors (Lipinski definition) is 0. The van der Waals surface area contributed by atoms with E-state index in [2.05, 4.69) is 0 Å². The molecule has 0 radical (unpaired) electrons. The first-order chi connectivity index (χ1) is 3.81. The van der Waals surface area contributed by atoms with Gasteiger partial charge >= 0.3 is 0 Å². The Labute approximate surface area is 59.2 Å². The minimum absolute atomic E-state index is 0.120. The van der Waals surface area contributed by atoms with Gasteiger partial charge in [-0.2, -0.15) is 0 Å². The van der Waals surface area contributed by atoms with Gasteiger partial charge in [0, 0.05) is 5.41 Å². The van der Waals surface area contributed by atoms with Crippen LogP contribution in [0.5, 0.6) is 0 Å². The molecule has 0 amide bonds. The Kier molecular flexibility index (Phi) is 2.23. The van der Waals surface area contributed by atoms with Crippen molar-refractivity contribution < 1.29 is 9.18 Å². The summed E-state index contributed by atoms with van der Waals surface area (Å²) in [6, 6.07) is 0. The van der Waals surface area contributed by atoms with Crippen molar-refractivity contribution in [3.63, 3.8) is 0 Å². The van der Waals surface area contributed by atoms with Gasteiger partial charge < -0.3 is 0 Å². The van der Waals surface area contributed by atoms with Gasteiger partial charge in [0.2, 0.25) is 5.13 Å². The van der Waals surface area contributed by atoms with Gasteiger partial charge in [-0.15, -0.1) is 0 Å². The third kappa shape index (κ3) is 1.94. The zero-order chi connectivity index (χ0) is 7.71. The van der Waals surface area contributed by atoms with Gasteiger partial charge in [0.25, 0.3) is 0 Å². The van der Waals surface area contributed by atoms with E-state index in [0.29, 0.717) is 0 Å². The van der Waals surface area contributed by atoms with Crippen LogP contribution < -0.4 is 0 Å². The van der Waals surface area contributed by atoms with Crippen LogP contribution in [0, 0.1) is 5.41 Å². The highest BCUT2D eigenvalue weighted by molar-refractivity contribution is 6.30. The summed E-state index contributed by atoms with van der Waals surface area (Å²) in [6.07, 6.45) is 0.120. The van der Waals surface area contributed by atoms with Crippen molar-refractivity contribution in [3.8, 4) is 0 Å². The van der Waals surface area contributed by atoms with Gasteiger partial charge in [-0.25, -0.2) is 4.39 Å². The Balaban J connectivity index is 4.32. The molecular weight excluding hydrogens is 143 g/mol. The van der Waals surface area contributed by atoms with Crippen molar-refractivity contribution in [2.45, 2.75) is 25.9 Å². The fourth-order valence-electron chi connectivity index (χ4n) is 0.177. The lowest BCUT2D eigenvalue weighted by molar-refractivity contribution is -0.117. The molecule has 3 heteroatoms. The first kappa shape index (κ1) is 8.89. The lowest BCUT2D eigenvalue weighted by Crippen LogP contribution is -2.33. The Morgan fingerprint density at radius 2 is 1.78 bits per heavy atom. The number of rotatable bonds is 1. The highest BCUT2D eigenvalue weighted by Crippen LogP contribution is 2.35. The molecule has 54 valence electrons. The number of carbonyl (C=O) groups is 1. The monoisotopic (exact) mass is 152 g/mol. The molecule has 0 heterocycles. The van der Waals surface area contributed by atoms with Crippen LogP contribution in [0.2, 0.25) is 0 Å². The maximum absolute atomic E-state index is 12.7. The number of alkyl halides is 2. The second-order valence-electron chi connectivity index (χ2n) is 2.99. The molecule has 1 nitrogen and oxygen atoms in total. The average molecular weight is 153 g/mol. The van der Waals surface area contributed by atoms with E-state index in [4.69, 9.17) is 11.6 Å². The minimum atomic E-state index is -2.23. The minimum Gasteiger partial charge on any atom is -0.298 e. The third-order valence-electron chi connectivity index (χ3n) is 1.15. The fourth-order valence-corrected chi connectivity index (χ4v) is 0.177. The van der Waals surface area contributed by atoms with E-state index < -0.39 is 10.5 Å². The second kappa shape index (κ2) is 2.25. The number of carbonyl (C=O) groups excluding carboxylic acids is 1. The van der Waals surface area contributed by atoms with E-state index >= 15 is 0 Å². The Bertz CT molecular complexity index is 115. The molecule has 0 aromatic carbocycles. The average Bonchev–Trinajstić information content (AvgIpc) is 1.64. The molecule has 0 saturated heterocycles. The maximum Gasteiger partial charge on any atom is 0.242 e. The summed E-state index contributed by atoms with van der Waals surface area (Å²) in [5.74, 6) is 0. The molecule has 0 saturated carbocycles. The second-order valence-corrected chi connectivity index (χ2v) is 3.54. The van der Waals surface area contributed by atoms with Gasteiger partial charge in [-0.05, 0) is 0 Å². The molecule has 0 N–H and O–H groups in total. The summed E-state index contributed by atoms with van der Waals surface area (Å²) in [6.45, 7) is 4.69. The lowest BCUT2D eigenvalue weighted by atomic mass is 9.91. The summed E-state index contributed by atoms with van der Waals surface area (Å²) >= 11 is 5.16. The fraction of sp³-hybridized carbons (Fsp3) is 0.833. The molecule has 1 atom stereocenters. The van der Waals surface area contributed by atoms with Crippen LogP contribution in [-0.2, 0) is 4.79 Å². The van der Waals surface area contributed by atoms with Gasteiger partial charge in [0.05, 0.1) is 0 Å². The zero-order valence-electron chi connectivity index (χ0n) is 5.74. The standard InChI is InChI=1S/C6H10ClFO/c1-5(2,3)6(7,8)4-9/h4H,1-3H3/t6-/m1/s1. The molecule has 0 aliphatic rings. The smallest absolute Gasteiger partial charge is 0.242 e. The molecule has 0 aromatic heterocycles. The highest BCUT2D eigenvalue weighted by Gasteiger charge is 2.40. The van der Waals surface area contributed by atoms with Gasteiger partial charge in [0.1, 0.15) is 0 Å². The predicted octanol–water partition coefficient (Wildman–Crippen LogP) is 2.14. The van der Waals surface area contributed by atoms with E-state index in [0.717, 1.165) is 0 Å². The Morgan fingerprint density at radius 3 is 1.78 bits per heavy atom. The van der Waals surface area contributed by atoms with Crippen molar-refractivity contribution >= 4 is 17.9 Å². The third-order valence-corrected chi connectivity index (χ3v) is 1.80. The van der Waals surface area contributed by atoms with E-state index in [1.54, 1.807) is 20.8 Å². The largest absolute Gasteiger partial charge is 0.298 e. The predicted molar refractivity (Wildman–Crippen MR) is 35.2 cm³/mol. The van der Waals surface area contributed by atoms with Crippen LogP contribution in [0.4, 0.5) is 4.39 Å². The summed E-state index contributed by atoms with van der Waals surface area (Å²) in [7, 11) is 0. The molecule has 9 heavy (non-hydrogen) atoms. The molecule has 0 fully saturated rings. The normalized spacial score (nSPS) is 18.8. The van der Waals surface area contributed by atoms with Crippen molar-refractivity contribution in [1.29, 1.82) is 0 Å². The number of halogens is 2. The van der Waals surface area contributed by atoms with Crippen LogP contribution in [-0.4, -0.2) is 11.4 Å². The van der Waals surface area contributed by atoms with Crippen molar-refractivity contribution in [2.24, 2.45) is 5.41 Å². The van der Waals surface area contributed by atoms with E-state index in [1.165, 1.54) is 0 Å². The van der Waals surface area contributed by atoms with Crippen LogP contribution >= 0.6 is 11.6 Å². The van der Waals surface area contributed by atoms with E-state index in [9.17, 15) is 9.18 Å². The van der Waals surface area contributed by atoms with E-state index in [-0.39, 0.29) is 6.29 Å². The van der Waals surface area contributed by atoms with Crippen molar-refractivity contribution in [3.05, 3.63) is 0 Å². The SMILES string of the molecule is CC(C)(C)[C@@](F)(Cl)C=O. The van der Waals surface area contributed by atoms with Crippen LogP contribution in [0.1, 0.15) is 20.8 Å². The van der Waals surface area contributed by atoms with Crippen molar-refractivity contribution in [1.82, 2.24) is 0 Å². The van der Waals surface area contributed by atoms with Gasteiger partial charge in [-0.1, -0.05) is 32.4 Å². The van der Waals surface area contributed by atoms with Gasteiger partial charge in [-0.3, -0.25) is 4.79 Å². The summed E-state index contributed by atoms with van der Waals surface area (Å²) < 4.78 is 12.7. The van der Waals surface area contributed by atoms with Gasteiger partial charge in [0.15, 0.2) is 6.29 Å². The lowest BCUT2D eigenvalue weighted by Gasteiger charge is -2.26. The zero-order valence-corrected chi connectivity index (χ0v) is 6.50. The summed E-state index contributed by atoms with van der Waals surface area (Å²) in [5.41, 5.74) is -0.823. The molecule has 0 aliphatic heterocycles. The molecular formula is C6H10ClFO. The first-order valence-corrected chi connectivity index (χ1v) is 3.03. The van der Waals surface area contributed by atoms with E-state index in [1.807, 2.05) is 0 Å². The molecule has 0 aliphatic carbocycles. The topological polar surface area (TPSA) is 17.1 Å². The number of hydrogen-bond acceptors (Lipinski definition) is 1. The summed E-state index contributed by atoms with van der Waals surface area (Å²) in [5, 5.41) is -2.23. The Morgan fingerprint density at radius 1 is 1.44 bits per heavy atom. The number of aldehydes is 1. The first-order valence-electron chi connectivity index (χ1n) is 2.65. The van der Waals surface area contributed by atoms with Crippen LogP contribution in [0.3, 0.4) is 0 Å². The Hall–Kier alpha value is -0.110. The van der Waals surface area contributed by atoms with Crippen LogP contribution in [0.25, 0.3) is 0 Å². The molecule has 0 unspecified atom stereocenters. The molecule has 0 bridgehead atoms. The summed E-state index contributed by atoms with van der Waals surface area (Å²) in [4.78, 5) is 9.97. The quantitative estimate of drug-likeness (QED) is 0.416. The maximum atomic E-state index is 12.7. The highest BCUT2D eigenvalue weighted by atomic mass is 35.5.